The number of rotatable bonds is 2. The molecule has 2 aromatic heterocycles. The van der Waals surface area contributed by atoms with Crippen molar-refractivity contribution in [1.29, 1.82) is 0 Å². The standard InChI is InChI=1S/C9H8ClN3O2/c1-2-15-9(14)6-3-5-4-11-13-8(10)7(5)12-6/h3-4,12H,2H2,1H3. The predicted molar refractivity (Wildman–Crippen MR) is 54.9 cm³/mol. The number of carbonyl (C=O) groups excluding carboxylic acids is 1. The SMILES string of the molecule is CCOC(=O)c1cc2cnnc(Cl)c2[nH]1. The number of aromatic nitrogens is 3. The van der Waals surface area contributed by atoms with Gasteiger partial charge in [0.05, 0.1) is 18.3 Å². The predicted octanol–water partition coefficient (Wildman–Crippen LogP) is 1.79. The molecule has 2 heterocycles. The normalized spacial score (nSPS) is 10.5. The summed E-state index contributed by atoms with van der Waals surface area (Å²) in [7, 11) is 0. The fourth-order valence-electron chi connectivity index (χ4n) is 1.25. The van der Waals surface area contributed by atoms with Crippen LogP contribution in [-0.4, -0.2) is 27.8 Å². The Morgan fingerprint density at radius 3 is 3.13 bits per heavy atom. The maximum Gasteiger partial charge on any atom is 0.354 e. The van der Waals surface area contributed by atoms with E-state index >= 15 is 0 Å². The molecule has 2 aromatic rings. The van der Waals surface area contributed by atoms with Gasteiger partial charge in [-0.2, -0.15) is 5.10 Å². The molecule has 1 N–H and O–H groups in total. The van der Waals surface area contributed by atoms with E-state index in [1.54, 1.807) is 13.0 Å². The zero-order chi connectivity index (χ0) is 10.8. The smallest absolute Gasteiger partial charge is 0.354 e. The number of fused-ring (bicyclic) bond motifs is 1. The van der Waals surface area contributed by atoms with Crippen LogP contribution in [0.1, 0.15) is 17.4 Å². The second kappa shape index (κ2) is 3.86. The highest BCUT2D eigenvalue weighted by molar-refractivity contribution is 6.33. The van der Waals surface area contributed by atoms with Crippen LogP contribution in [0.25, 0.3) is 10.9 Å². The van der Waals surface area contributed by atoms with E-state index in [1.165, 1.54) is 6.20 Å². The summed E-state index contributed by atoms with van der Waals surface area (Å²) in [5.41, 5.74) is 0.943. The van der Waals surface area contributed by atoms with Gasteiger partial charge >= 0.3 is 5.97 Å². The lowest BCUT2D eigenvalue weighted by molar-refractivity contribution is 0.0520. The van der Waals surface area contributed by atoms with Crippen LogP contribution in [0, 0.1) is 0 Å². The molecule has 0 bridgehead atoms. The van der Waals surface area contributed by atoms with Crippen LogP contribution < -0.4 is 0 Å². The fourth-order valence-corrected chi connectivity index (χ4v) is 1.45. The first-order valence-corrected chi connectivity index (χ1v) is 4.77. The minimum Gasteiger partial charge on any atom is -0.461 e. The van der Waals surface area contributed by atoms with Gasteiger partial charge in [0.1, 0.15) is 5.69 Å². The van der Waals surface area contributed by atoms with Crippen molar-refractivity contribution in [2.75, 3.05) is 6.61 Å². The largest absolute Gasteiger partial charge is 0.461 e. The van der Waals surface area contributed by atoms with E-state index in [1.807, 2.05) is 0 Å². The molecule has 0 aliphatic heterocycles. The van der Waals surface area contributed by atoms with Crippen molar-refractivity contribution in [1.82, 2.24) is 15.2 Å². The number of halogens is 1. The molecule has 15 heavy (non-hydrogen) atoms. The van der Waals surface area contributed by atoms with Crippen LogP contribution >= 0.6 is 11.6 Å². The number of nitrogens with one attached hydrogen (secondary N) is 1. The van der Waals surface area contributed by atoms with Crippen LogP contribution in [0.5, 0.6) is 0 Å². The molecule has 5 nitrogen and oxygen atoms in total. The molecule has 6 heteroatoms. The lowest BCUT2D eigenvalue weighted by atomic mass is 10.3. The summed E-state index contributed by atoms with van der Waals surface area (Å²) in [5, 5.41) is 8.31. The van der Waals surface area contributed by atoms with Crippen LogP contribution in [0.15, 0.2) is 12.3 Å². The maximum atomic E-state index is 11.4. The summed E-state index contributed by atoms with van der Waals surface area (Å²) in [6.45, 7) is 2.08. The molecule has 78 valence electrons. The highest BCUT2D eigenvalue weighted by Gasteiger charge is 2.12. The van der Waals surface area contributed by atoms with Gasteiger partial charge in [0, 0.05) is 5.39 Å². The molecule has 2 rings (SSSR count). The lowest BCUT2D eigenvalue weighted by Crippen LogP contribution is -2.04. The molecule has 0 spiro atoms. The summed E-state index contributed by atoms with van der Waals surface area (Å²) in [4.78, 5) is 14.2. The number of ether oxygens (including phenoxy) is 1. The number of esters is 1. The second-order valence-corrected chi connectivity index (χ2v) is 3.23. The molecule has 0 saturated carbocycles. The van der Waals surface area contributed by atoms with Gasteiger partial charge in [-0.15, -0.1) is 5.10 Å². The van der Waals surface area contributed by atoms with Crippen LogP contribution in [0.2, 0.25) is 5.15 Å². The first kappa shape index (κ1) is 9.92. The van der Waals surface area contributed by atoms with Crippen molar-refractivity contribution in [2.45, 2.75) is 6.92 Å². The maximum absolute atomic E-state index is 11.4. The monoisotopic (exact) mass is 225 g/mol. The Kier molecular flexibility index (Phi) is 2.55. The van der Waals surface area contributed by atoms with Crippen molar-refractivity contribution in [3.8, 4) is 0 Å². The van der Waals surface area contributed by atoms with E-state index in [-0.39, 0.29) is 5.15 Å². The molecular weight excluding hydrogens is 218 g/mol. The minimum atomic E-state index is -0.412. The Balaban J connectivity index is 2.47. The van der Waals surface area contributed by atoms with Crippen LogP contribution in [0.4, 0.5) is 0 Å². The quantitative estimate of drug-likeness (QED) is 0.792. The van der Waals surface area contributed by atoms with E-state index in [2.05, 4.69) is 15.2 Å². The molecule has 0 unspecified atom stereocenters. The number of nitrogens with zero attached hydrogens (tertiary/aromatic N) is 2. The zero-order valence-electron chi connectivity index (χ0n) is 7.95. The van der Waals surface area contributed by atoms with E-state index in [4.69, 9.17) is 16.3 Å². The third-order valence-corrected chi connectivity index (χ3v) is 2.16. The Labute approximate surface area is 90.4 Å². The van der Waals surface area contributed by atoms with E-state index in [0.29, 0.717) is 17.8 Å². The van der Waals surface area contributed by atoms with E-state index < -0.39 is 5.97 Å². The lowest BCUT2D eigenvalue weighted by Gasteiger charge is -1.96. The molecule has 0 aromatic carbocycles. The van der Waals surface area contributed by atoms with Crippen LogP contribution in [-0.2, 0) is 4.74 Å². The summed E-state index contributed by atoms with van der Waals surface area (Å²) < 4.78 is 4.84. The summed E-state index contributed by atoms with van der Waals surface area (Å²) in [6.07, 6.45) is 1.53. The summed E-state index contributed by atoms with van der Waals surface area (Å²) in [6, 6.07) is 1.63. The van der Waals surface area contributed by atoms with Gasteiger partial charge < -0.3 is 9.72 Å². The molecule has 0 atom stereocenters. The topological polar surface area (TPSA) is 67.9 Å². The molecule has 0 aliphatic rings. The third-order valence-electron chi connectivity index (χ3n) is 1.89. The molecule has 0 amide bonds. The van der Waals surface area contributed by atoms with Gasteiger partial charge in [-0.05, 0) is 13.0 Å². The van der Waals surface area contributed by atoms with Crippen molar-refractivity contribution in [3.63, 3.8) is 0 Å². The van der Waals surface area contributed by atoms with Gasteiger partial charge in [-0.1, -0.05) is 11.6 Å². The summed E-state index contributed by atoms with van der Waals surface area (Å²) >= 11 is 5.80. The van der Waals surface area contributed by atoms with Gasteiger partial charge in [-0.25, -0.2) is 4.79 Å². The molecule has 0 saturated heterocycles. The molecular formula is C9H8ClN3O2. The molecule has 0 fully saturated rings. The van der Waals surface area contributed by atoms with Gasteiger partial charge in [0.2, 0.25) is 0 Å². The Hall–Kier alpha value is -1.62. The van der Waals surface area contributed by atoms with Gasteiger partial charge in [0.25, 0.3) is 0 Å². The van der Waals surface area contributed by atoms with E-state index in [0.717, 1.165) is 5.39 Å². The number of aromatic amines is 1. The highest BCUT2D eigenvalue weighted by Crippen LogP contribution is 2.20. The van der Waals surface area contributed by atoms with Gasteiger partial charge in [-0.3, -0.25) is 0 Å². The van der Waals surface area contributed by atoms with Crippen molar-refractivity contribution in [3.05, 3.63) is 23.1 Å². The van der Waals surface area contributed by atoms with Crippen molar-refractivity contribution >= 4 is 28.5 Å². The molecule has 0 aliphatic carbocycles. The molecule has 0 radical (unpaired) electrons. The number of hydrogen-bond acceptors (Lipinski definition) is 4. The number of hydrogen-bond donors (Lipinski definition) is 1. The van der Waals surface area contributed by atoms with Crippen LogP contribution in [0.3, 0.4) is 0 Å². The average Bonchev–Trinajstić information content (AvgIpc) is 2.63. The van der Waals surface area contributed by atoms with Crippen molar-refractivity contribution in [2.24, 2.45) is 0 Å². The third kappa shape index (κ3) is 1.78. The average molecular weight is 226 g/mol. The van der Waals surface area contributed by atoms with Gasteiger partial charge in [0.15, 0.2) is 5.15 Å². The highest BCUT2D eigenvalue weighted by atomic mass is 35.5. The second-order valence-electron chi connectivity index (χ2n) is 2.87. The number of carbonyl (C=O) groups is 1. The number of H-pyrrole nitrogens is 1. The Morgan fingerprint density at radius 1 is 1.67 bits per heavy atom. The first-order valence-electron chi connectivity index (χ1n) is 4.39. The zero-order valence-corrected chi connectivity index (χ0v) is 8.71. The minimum absolute atomic E-state index is 0.239. The van der Waals surface area contributed by atoms with E-state index in [9.17, 15) is 4.79 Å². The van der Waals surface area contributed by atoms with Crippen molar-refractivity contribution < 1.29 is 9.53 Å². The summed E-state index contributed by atoms with van der Waals surface area (Å²) in [5.74, 6) is -0.412. The Morgan fingerprint density at radius 2 is 2.47 bits per heavy atom. The fraction of sp³-hybridized carbons (Fsp3) is 0.222. The Bertz CT molecular complexity index is 509. The first-order chi connectivity index (χ1) is 7.22.